The van der Waals surface area contributed by atoms with Crippen LogP contribution in [0.4, 0.5) is 17.1 Å². The van der Waals surface area contributed by atoms with Gasteiger partial charge in [0, 0.05) is 36.9 Å². The zero-order valence-corrected chi connectivity index (χ0v) is 32.3. The van der Waals surface area contributed by atoms with E-state index in [0.717, 1.165) is 39.0 Å². The summed E-state index contributed by atoms with van der Waals surface area (Å²) in [6.45, 7) is 0. The average Bonchev–Trinajstić information content (AvgIpc) is 3.96. The second-order valence-corrected chi connectivity index (χ2v) is 16.3. The van der Waals surface area contributed by atoms with Crippen molar-refractivity contribution in [2.45, 2.75) is 5.41 Å². The van der Waals surface area contributed by atoms with E-state index < -0.39 is 5.41 Å². The molecule has 0 saturated heterocycles. The van der Waals surface area contributed by atoms with Crippen molar-refractivity contribution in [2.24, 2.45) is 0 Å². The first kappa shape index (κ1) is 33.0. The SMILES string of the molecule is c1ccc(-c2cccc3sc4ccc(N(c5cccc(C6(c7ccccc7)c7ccccc7-c7ccccc76)c5)c5cccc6oc7ccccc7c56)cc4c23)cc1. The molecule has 0 bridgehead atoms. The third-order valence-electron chi connectivity index (χ3n) is 12.1. The van der Waals surface area contributed by atoms with Gasteiger partial charge in [-0.05, 0) is 99.1 Å². The molecule has 12 rings (SSSR count). The molecule has 0 amide bonds. The van der Waals surface area contributed by atoms with Gasteiger partial charge in [-0.3, -0.25) is 0 Å². The number of hydrogen-bond acceptors (Lipinski definition) is 3. The zero-order valence-electron chi connectivity index (χ0n) is 31.5. The molecule has 0 saturated carbocycles. The van der Waals surface area contributed by atoms with E-state index in [-0.39, 0.29) is 0 Å². The summed E-state index contributed by atoms with van der Waals surface area (Å²) in [5.41, 5.74) is 14.6. The van der Waals surface area contributed by atoms with Crippen molar-refractivity contribution in [3.63, 3.8) is 0 Å². The fourth-order valence-corrected chi connectivity index (χ4v) is 10.9. The minimum Gasteiger partial charge on any atom is -0.456 e. The van der Waals surface area contributed by atoms with Gasteiger partial charge >= 0.3 is 0 Å². The van der Waals surface area contributed by atoms with E-state index >= 15 is 0 Å². The van der Waals surface area contributed by atoms with Gasteiger partial charge in [0.15, 0.2) is 0 Å². The summed E-state index contributed by atoms with van der Waals surface area (Å²) in [5, 5.41) is 4.74. The number of thiophene rings is 1. The van der Waals surface area contributed by atoms with Crippen LogP contribution < -0.4 is 4.90 Å². The Balaban J connectivity index is 1.15. The normalized spacial score (nSPS) is 13.0. The highest BCUT2D eigenvalue weighted by Gasteiger charge is 2.46. The molecular formula is C55H35NOS. The maximum Gasteiger partial charge on any atom is 0.137 e. The van der Waals surface area contributed by atoms with Crippen LogP contribution in [-0.2, 0) is 5.41 Å². The highest BCUT2D eigenvalue weighted by atomic mass is 32.1. The quantitative estimate of drug-likeness (QED) is 0.168. The topological polar surface area (TPSA) is 16.4 Å². The minimum atomic E-state index is -0.525. The summed E-state index contributed by atoms with van der Waals surface area (Å²) in [4.78, 5) is 2.45. The van der Waals surface area contributed by atoms with E-state index in [1.807, 2.05) is 17.4 Å². The molecule has 9 aromatic carbocycles. The Hall–Kier alpha value is -7.20. The average molecular weight is 758 g/mol. The van der Waals surface area contributed by atoms with Gasteiger partial charge in [0.05, 0.1) is 16.5 Å². The molecule has 0 spiro atoms. The molecule has 0 N–H and O–H groups in total. The largest absolute Gasteiger partial charge is 0.456 e. The van der Waals surface area contributed by atoms with Gasteiger partial charge in [-0.15, -0.1) is 11.3 Å². The summed E-state index contributed by atoms with van der Waals surface area (Å²) >= 11 is 1.86. The van der Waals surface area contributed by atoms with Gasteiger partial charge in [-0.1, -0.05) is 158 Å². The lowest BCUT2D eigenvalue weighted by atomic mass is 9.67. The molecule has 3 heteroatoms. The number of hydrogen-bond donors (Lipinski definition) is 0. The molecule has 0 aliphatic heterocycles. The van der Waals surface area contributed by atoms with E-state index in [1.54, 1.807) is 0 Å². The molecular weight excluding hydrogens is 723 g/mol. The summed E-state index contributed by atoms with van der Waals surface area (Å²) < 4.78 is 9.08. The number of fused-ring (bicyclic) bond motifs is 9. The summed E-state index contributed by atoms with van der Waals surface area (Å²) in [7, 11) is 0. The lowest BCUT2D eigenvalue weighted by Crippen LogP contribution is -2.28. The first-order chi connectivity index (χ1) is 28.8. The number of para-hydroxylation sites is 1. The van der Waals surface area contributed by atoms with Crippen molar-refractivity contribution in [1.29, 1.82) is 0 Å². The molecule has 2 nitrogen and oxygen atoms in total. The Kier molecular flexibility index (Phi) is 7.35. The standard InChI is InChI=1S/C55H35NOS/c1-3-16-36(17-4-1)41-25-14-31-52-53(41)45-35-40(32-33-51(45)58-52)56(48-28-15-30-50-54(48)44-24-9-12-29-49(44)57-50)39-21-13-20-38(34-39)55(37-18-5-2-6-19-37)46-26-10-7-22-42(46)43-23-8-11-27-47(43)55/h1-35H. The van der Waals surface area contributed by atoms with Crippen molar-refractivity contribution < 1.29 is 4.42 Å². The van der Waals surface area contributed by atoms with Crippen molar-refractivity contribution >= 4 is 70.5 Å². The number of anilines is 3. The van der Waals surface area contributed by atoms with Gasteiger partial charge in [0.2, 0.25) is 0 Å². The van der Waals surface area contributed by atoms with Crippen LogP contribution in [0.1, 0.15) is 22.3 Å². The number of nitrogens with zero attached hydrogens (tertiary/aromatic N) is 1. The summed E-state index contributed by atoms with van der Waals surface area (Å²) in [6.07, 6.45) is 0. The fourth-order valence-electron chi connectivity index (χ4n) is 9.77. The van der Waals surface area contributed by atoms with Crippen LogP contribution >= 0.6 is 11.3 Å². The van der Waals surface area contributed by atoms with Crippen molar-refractivity contribution in [3.05, 3.63) is 235 Å². The predicted octanol–water partition coefficient (Wildman–Crippen LogP) is 15.5. The third-order valence-corrected chi connectivity index (χ3v) is 13.3. The van der Waals surface area contributed by atoms with Crippen LogP contribution in [0.3, 0.4) is 0 Å². The van der Waals surface area contributed by atoms with E-state index in [4.69, 9.17) is 4.42 Å². The Morgan fingerprint density at radius 3 is 1.83 bits per heavy atom. The van der Waals surface area contributed by atoms with Gasteiger partial charge in [0.1, 0.15) is 11.2 Å². The Morgan fingerprint density at radius 2 is 1.02 bits per heavy atom. The first-order valence-corrected chi connectivity index (χ1v) is 20.7. The van der Waals surface area contributed by atoms with Crippen LogP contribution in [0.5, 0.6) is 0 Å². The molecule has 0 fully saturated rings. The molecule has 1 aliphatic carbocycles. The third kappa shape index (κ3) is 4.78. The van der Waals surface area contributed by atoms with Crippen molar-refractivity contribution in [3.8, 4) is 22.3 Å². The van der Waals surface area contributed by atoms with Crippen LogP contribution in [0.2, 0.25) is 0 Å². The maximum absolute atomic E-state index is 6.53. The molecule has 0 atom stereocenters. The highest BCUT2D eigenvalue weighted by molar-refractivity contribution is 7.26. The molecule has 0 unspecified atom stereocenters. The van der Waals surface area contributed by atoms with Gasteiger partial charge in [-0.2, -0.15) is 0 Å². The maximum atomic E-state index is 6.53. The number of furan rings is 1. The van der Waals surface area contributed by atoms with Crippen molar-refractivity contribution in [1.82, 2.24) is 0 Å². The molecule has 11 aromatic rings. The molecule has 0 radical (unpaired) electrons. The van der Waals surface area contributed by atoms with Crippen LogP contribution in [0.25, 0.3) is 64.4 Å². The Morgan fingerprint density at radius 1 is 0.397 bits per heavy atom. The Bertz CT molecular complexity index is 3310. The zero-order chi connectivity index (χ0) is 38.2. The van der Waals surface area contributed by atoms with Gasteiger partial charge in [-0.25, -0.2) is 0 Å². The highest BCUT2D eigenvalue weighted by Crippen LogP contribution is 2.57. The van der Waals surface area contributed by atoms with Crippen LogP contribution in [0, 0.1) is 0 Å². The summed E-state index contributed by atoms with van der Waals surface area (Å²) in [5.74, 6) is 0. The predicted molar refractivity (Wildman–Crippen MR) is 244 cm³/mol. The minimum absolute atomic E-state index is 0.525. The van der Waals surface area contributed by atoms with Gasteiger partial charge in [0.25, 0.3) is 0 Å². The first-order valence-electron chi connectivity index (χ1n) is 19.8. The lowest BCUT2D eigenvalue weighted by molar-refractivity contribution is 0.669. The molecule has 2 aromatic heterocycles. The molecule has 1 aliphatic rings. The second kappa shape index (κ2) is 12.9. The van der Waals surface area contributed by atoms with Crippen LogP contribution in [0.15, 0.2) is 217 Å². The van der Waals surface area contributed by atoms with E-state index in [9.17, 15) is 0 Å². The van der Waals surface area contributed by atoms with Gasteiger partial charge < -0.3 is 9.32 Å². The fraction of sp³-hybridized carbons (Fsp3) is 0.0182. The second-order valence-electron chi connectivity index (χ2n) is 15.2. The summed E-state index contributed by atoms with van der Waals surface area (Å²) in [6, 6.07) is 77.6. The monoisotopic (exact) mass is 757 g/mol. The van der Waals surface area contributed by atoms with E-state index in [0.29, 0.717) is 0 Å². The molecule has 58 heavy (non-hydrogen) atoms. The Labute approximate surface area is 340 Å². The van der Waals surface area contributed by atoms with Crippen LogP contribution in [-0.4, -0.2) is 0 Å². The van der Waals surface area contributed by atoms with E-state index in [2.05, 4.69) is 211 Å². The molecule has 2 heterocycles. The smallest absolute Gasteiger partial charge is 0.137 e. The number of rotatable bonds is 6. The van der Waals surface area contributed by atoms with Crippen molar-refractivity contribution in [2.75, 3.05) is 4.90 Å². The number of benzene rings is 9. The lowest BCUT2D eigenvalue weighted by Gasteiger charge is -2.35. The van der Waals surface area contributed by atoms with E-state index in [1.165, 1.54) is 64.7 Å². The molecule has 272 valence electrons.